The van der Waals surface area contributed by atoms with Crippen LogP contribution in [-0.2, 0) is 9.59 Å². The van der Waals surface area contributed by atoms with Gasteiger partial charge in [-0.1, -0.05) is 27.5 Å². The molecular formula is C10H8BrClN2O2. The third kappa shape index (κ3) is 2.36. The zero-order valence-electron chi connectivity index (χ0n) is 8.17. The fraction of sp³-hybridized carbons (Fsp3) is 0.200. The van der Waals surface area contributed by atoms with Crippen LogP contribution in [-0.4, -0.2) is 24.9 Å². The van der Waals surface area contributed by atoms with Crippen LogP contribution >= 0.6 is 27.5 Å². The molecule has 0 unspecified atom stereocenters. The molecule has 1 aromatic carbocycles. The zero-order chi connectivity index (χ0) is 11.7. The largest absolute Gasteiger partial charge is 0.352 e. The van der Waals surface area contributed by atoms with E-state index in [2.05, 4.69) is 21.2 Å². The molecule has 0 spiro atoms. The lowest BCUT2D eigenvalue weighted by Gasteiger charge is -2.28. The number of piperazine rings is 1. The van der Waals surface area contributed by atoms with Crippen LogP contribution in [0.15, 0.2) is 22.7 Å². The van der Waals surface area contributed by atoms with Crippen LogP contribution < -0.4 is 10.2 Å². The third-order valence-electron chi connectivity index (χ3n) is 2.20. The lowest BCUT2D eigenvalue weighted by atomic mass is 10.2. The Balaban J connectivity index is 2.32. The lowest BCUT2D eigenvalue weighted by molar-refractivity contribution is -0.130. The summed E-state index contributed by atoms with van der Waals surface area (Å²) in [6.45, 7) is 0.282. The molecule has 1 fully saturated rings. The summed E-state index contributed by atoms with van der Waals surface area (Å²) in [6.07, 6.45) is 0. The van der Waals surface area contributed by atoms with Crippen LogP contribution in [0.25, 0.3) is 0 Å². The predicted octanol–water partition coefficient (Wildman–Crippen LogP) is 1.57. The molecule has 6 heteroatoms. The van der Waals surface area contributed by atoms with Crippen molar-refractivity contribution in [2.75, 3.05) is 18.0 Å². The molecule has 0 aromatic heterocycles. The average molecular weight is 304 g/mol. The predicted molar refractivity (Wildman–Crippen MR) is 64.5 cm³/mol. The zero-order valence-corrected chi connectivity index (χ0v) is 10.5. The van der Waals surface area contributed by atoms with Crippen molar-refractivity contribution in [2.24, 2.45) is 0 Å². The van der Waals surface area contributed by atoms with Crippen LogP contribution in [0, 0.1) is 0 Å². The first-order chi connectivity index (χ1) is 7.56. The van der Waals surface area contributed by atoms with Crippen molar-refractivity contribution in [2.45, 2.75) is 0 Å². The molecule has 1 N–H and O–H groups in total. The first kappa shape index (κ1) is 11.4. The first-order valence-corrected chi connectivity index (χ1v) is 5.76. The van der Waals surface area contributed by atoms with Gasteiger partial charge >= 0.3 is 0 Å². The Morgan fingerprint density at radius 3 is 2.50 bits per heavy atom. The smallest absolute Gasteiger partial charge is 0.246 e. The van der Waals surface area contributed by atoms with Crippen LogP contribution in [0.1, 0.15) is 0 Å². The highest BCUT2D eigenvalue weighted by molar-refractivity contribution is 9.10. The van der Waals surface area contributed by atoms with Gasteiger partial charge in [-0.15, -0.1) is 0 Å². The molecule has 1 saturated heterocycles. The minimum atomic E-state index is -0.313. The summed E-state index contributed by atoms with van der Waals surface area (Å²) in [7, 11) is 0. The van der Waals surface area contributed by atoms with Gasteiger partial charge in [-0.25, -0.2) is 0 Å². The Labute approximate surface area is 106 Å². The molecule has 1 aromatic rings. The highest BCUT2D eigenvalue weighted by Crippen LogP contribution is 2.29. The summed E-state index contributed by atoms with van der Waals surface area (Å²) in [5.74, 6) is -0.625. The molecule has 0 aliphatic carbocycles. The fourth-order valence-electron chi connectivity index (χ4n) is 1.54. The Morgan fingerprint density at radius 2 is 1.88 bits per heavy atom. The Bertz CT molecular complexity index is 448. The van der Waals surface area contributed by atoms with E-state index in [1.165, 1.54) is 0 Å². The van der Waals surface area contributed by atoms with Gasteiger partial charge in [-0.05, 0) is 18.2 Å². The molecule has 0 radical (unpaired) electrons. The second-order valence-electron chi connectivity index (χ2n) is 3.42. The standard InChI is InChI=1S/C10H8BrClN2O2/c11-6-1-2-7(12)8(3-6)14-4-9(15)13-10(16)5-14/h1-3H,4-5H2,(H,13,15,16). The van der Waals surface area contributed by atoms with Crippen molar-refractivity contribution in [1.82, 2.24) is 5.32 Å². The molecule has 0 atom stereocenters. The van der Waals surface area contributed by atoms with E-state index in [1.807, 2.05) is 0 Å². The number of benzene rings is 1. The molecule has 84 valence electrons. The van der Waals surface area contributed by atoms with Gasteiger partial charge in [0.1, 0.15) is 0 Å². The van der Waals surface area contributed by atoms with E-state index in [0.29, 0.717) is 10.7 Å². The van der Waals surface area contributed by atoms with Crippen LogP contribution in [0.2, 0.25) is 5.02 Å². The minimum absolute atomic E-state index is 0.141. The number of nitrogens with zero attached hydrogens (tertiary/aromatic N) is 1. The van der Waals surface area contributed by atoms with Gasteiger partial charge in [0.25, 0.3) is 0 Å². The second kappa shape index (κ2) is 4.43. The summed E-state index contributed by atoms with van der Waals surface area (Å²) in [4.78, 5) is 24.1. The molecular weight excluding hydrogens is 295 g/mol. The van der Waals surface area contributed by atoms with Crippen molar-refractivity contribution >= 4 is 45.0 Å². The number of imide groups is 1. The van der Waals surface area contributed by atoms with E-state index in [1.54, 1.807) is 23.1 Å². The molecule has 2 amide bonds. The maximum Gasteiger partial charge on any atom is 0.246 e. The van der Waals surface area contributed by atoms with E-state index in [-0.39, 0.29) is 24.9 Å². The number of amides is 2. The molecule has 16 heavy (non-hydrogen) atoms. The Hall–Kier alpha value is -1.07. The maximum atomic E-state index is 11.2. The van der Waals surface area contributed by atoms with E-state index < -0.39 is 0 Å². The van der Waals surface area contributed by atoms with E-state index in [9.17, 15) is 9.59 Å². The van der Waals surface area contributed by atoms with Crippen LogP contribution in [0.5, 0.6) is 0 Å². The lowest BCUT2D eigenvalue weighted by Crippen LogP contribution is -2.51. The van der Waals surface area contributed by atoms with Crippen LogP contribution in [0.3, 0.4) is 0 Å². The number of halogens is 2. The van der Waals surface area contributed by atoms with Gasteiger partial charge in [-0.2, -0.15) is 0 Å². The molecule has 2 rings (SSSR count). The van der Waals surface area contributed by atoms with Gasteiger partial charge in [0.15, 0.2) is 0 Å². The number of carbonyl (C=O) groups excluding carboxylic acids is 2. The van der Waals surface area contributed by atoms with Gasteiger partial charge in [-0.3, -0.25) is 14.9 Å². The monoisotopic (exact) mass is 302 g/mol. The second-order valence-corrected chi connectivity index (χ2v) is 4.75. The van der Waals surface area contributed by atoms with Crippen molar-refractivity contribution < 1.29 is 9.59 Å². The van der Waals surface area contributed by atoms with E-state index >= 15 is 0 Å². The summed E-state index contributed by atoms with van der Waals surface area (Å²) >= 11 is 9.34. The number of hydrogen-bond acceptors (Lipinski definition) is 3. The van der Waals surface area contributed by atoms with Crippen molar-refractivity contribution in [3.05, 3.63) is 27.7 Å². The number of rotatable bonds is 1. The number of nitrogens with one attached hydrogen (secondary N) is 1. The maximum absolute atomic E-state index is 11.2. The van der Waals surface area contributed by atoms with Gasteiger partial charge < -0.3 is 4.90 Å². The van der Waals surface area contributed by atoms with Gasteiger partial charge in [0.05, 0.1) is 23.8 Å². The molecule has 1 aliphatic rings. The summed E-state index contributed by atoms with van der Waals surface area (Å²) in [6, 6.07) is 5.31. The van der Waals surface area contributed by atoms with Crippen molar-refractivity contribution in [3.8, 4) is 0 Å². The first-order valence-electron chi connectivity index (χ1n) is 4.59. The van der Waals surface area contributed by atoms with Crippen LogP contribution in [0.4, 0.5) is 5.69 Å². The van der Waals surface area contributed by atoms with Gasteiger partial charge in [0.2, 0.25) is 11.8 Å². The minimum Gasteiger partial charge on any atom is -0.352 e. The number of hydrogen-bond donors (Lipinski definition) is 1. The van der Waals surface area contributed by atoms with E-state index in [0.717, 1.165) is 4.47 Å². The normalized spacial score (nSPS) is 16.2. The Morgan fingerprint density at radius 1 is 1.25 bits per heavy atom. The molecule has 1 heterocycles. The highest BCUT2D eigenvalue weighted by atomic mass is 79.9. The molecule has 0 bridgehead atoms. The number of anilines is 1. The SMILES string of the molecule is O=C1CN(c2cc(Br)ccc2Cl)CC(=O)N1. The highest BCUT2D eigenvalue weighted by Gasteiger charge is 2.24. The summed E-state index contributed by atoms with van der Waals surface area (Å²) in [5.41, 5.74) is 0.680. The number of carbonyl (C=O) groups is 2. The van der Waals surface area contributed by atoms with E-state index in [4.69, 9.17) is 11.6 Å². The third-order valence-corrected chi connectivity index (χ3v) is 3.01. The topological polar surface area (TPSA) is 49.4 Å². The Kier molecular flexibility index (Phi) is 3.16. The summed E-state index contributed by atoms with van der Waals surface area (Å²) < 4.78 is 0.852. The quantitative estimate of drug-likeness (QED) is 0.801. The van der Waals surface area contributed by atoms with Crippen molar-refractivity contribution in [1.29, 1.82) is 0 Å². The molecule has 0 saturated carbocycles. The molecule has 1 aliphatic heterocycles. The van der Waals surface area contributed by atoms with Gasteiger partial charge in [0, 0.05) is 4.47 Å². The van der Waals surface area contributed by atoms with Crippen molar-refractivity contribution in [3.63, 3.8) is 0 Å². The summed E-state index contributed by atoms with van der Waals surface area (Å²) in [5, 5.41) is 2.76. The molecule has 4 nitrogen and oxygen atoms in total. The average Bonchev–Trinajstić information content (AvgIpc) is 2.20. The fourth-order valence-corrected chi connectivity index (χ4v) is 2.12.